The van der Waals surface area contributed by atoms with E-state index >= 15 is 0 Å². The standard InChI is InChI=1S/2C2H4O2.Cd.6H2O/c2*1-2(3)4;;;;;;;/h2*1H3,(H,3,4);;6*1H2. The van der Waals surface area contributed by atoms with Gasteiger partial charge in [-0.05, 0) is 0 Å². The topological polar surface area (TPSA) is 264 Å². The molecule has 0 aromatic rings. The molecule has 0 bridgehead atoms. The second-order valence-corrected chi connectivity index (χ2v) is 1.04. The average molecular weight is 341 g/mol. The van der Waals surface area contributed by atoms with Crippen molar-refractivity contribution in [3.8, 4) is 0 Å². The largest absolute Gasteiger partial charge is 0.481 e. The van der Waals surface area contributed by atoms with Crippen LogP contribution in [-0.2, 0) is 36.9 Å². The molecule has 10 nitrogen and oxygen atoms in total. The van der Waals surface area contributed by atoms with E-state index in [1.807, 2.05) is 0 Å². The third kappa shape index (κ3) is 12900. The van der Waals surface area contributed by atoms with Crippen LogP contribution in [0.15, 0.2) is 0 Å². The summed E-state index contributed by atoms with van der Waals surface area (Å²) in [5, 5.41) is 14.8. The first-order chi connectivity index (χ1) is 3.46. The quantitative estimate of drug-likeness (QED) is 0.410. The number of carboxylic acids is 2. The summed E-state index contributed by atoms with van der Waals surface area (Å²) in [6.45, 7) is 2.17. The summed E-state index contributed by atoms with van der Waals surface area (Å²) in [7, 11) is 0. The van der Waals surface area contributed by atoms with Crippen molar-refractivity contribution in [1.29, 1.82) is 0 Å². The van der Waals surface area contributed by atoms with Gasteiger partial charge in [0.15, 0.2) is 0 Å². The molecule has 0 aliphatic rings. The molecule has 98 valence electrons. The Morgan fingerprint density at radius 2 is 0.667 bits per heavy atom. The number of aliphatic carboxylic acids is 2. The van der Waals surface area contributed by atoms with Crippen molar-refractivity contribution in [2.75, 3.05) is 0 Å². The minimum atomic E-state index is -0.833. The van der Waals surface area contributed by atoms with E-state index in [-0.39, 0.29) is 60.2 Å². The molecular formula is C4H20CdO10. The fourth-order valence-electron chi connectivity index (χ4n) is 0. The van der Waals surface area contributed by atoms with Gasteiger partial charge in [-0.1, -0.05) is 0 Å². The number of carboxylic acid groups (broad SMARTS) is 2. The van der Waals surface area contributed by atoms with Crippen molar-refractivity contribution in [1.82, 2.24) is 0 Å². The molecule has 0 saturated carbocycles. The van der Waals surface area contributed by atoms with E-state index < -0.39 is 11.9 Å². The maximum Gasteiger partial charge on any atom is 0.300 e. The summed E-state index contributed by atoms with van der Waals surface area (Å²) in [4.78, 5) is 18.0. The van der Waals surface area contributed by atoms with Gasteiger partial charge >= 0.3 is 0 Å². The van der Waals surface area contributed by atoms with E-state index in [0.717, 1.165) is 13.8 Å². The van der Waals surface area contributed by atoms with Crippen LogP contribution < -0.4 is 0 Å². The summed E-state index contributed by atoms with van der Waals surface area (Å²) in [5.41, 5.74) is 0. The smallest absolute Gasteiger partial charge is 0.300 e. The fourth-order valence-corrected chi connectivity index (χ4v) is 0. The first kappa shape index (κ1) is 85.8. The van der Waals surface area contributed by atoms with Crippen molar-refractivity contribution < 1.29 is 80.0 Å². The molecule has 0 spiro atoms. The van der Waals surface area contributed by atoms with Crippen molar-refractivity contribution in [2.45, 2.75) is 13.8 Å². The van der Waals surface area contributed by atoms with E-state index in [4.69, 9.17) is 19.8 Å². The van der Waals surface area contributed by atoms with Crippen LogP contribution in [0.4, 0.5) is 0 Å². The zero-order valence-corrected chi connectivity index (χ0v) is 12.5. The van der Waals surface area contributed by atoms with Gasteiger partial charge in [0.25, 0.3) is 11.9 Å². The van der Waals surface area contributed by atoms with Gasteiger partial charge in [0.05, 0.1) is 0 Å². The Morgan fingerprint density at radius 1 is 0.667 bits per heavy atom. The van der Waals surface area contributed by atoms with Crippen molar-refractivity contribution in [3.05, 3.63) is 0 Å². The molecule has 0 aromatic heterocycles. The maximum absolute atomic E-state index is 9.00. The Hall–Kier alpha value is -0.378. The molecule has 0 heterocycles. The van der Waals surface area contributed by atoms with Crippen molar-refractivity contribution >= 4 is 11.9 Å². The zero-order valence-electron chi connectivity index (χ0n) is 8.42. The molecule has 0 unspecified atom stereocenters. The molecule has 0 fully saturated rings. The van der Waals surface area contributed by atoms with Crippen molar-refractivity contribution in [2.24, 2.45) is 0 Å². The van der Waals surface area contributed by atoms with Crippen LogP contribution in [0.5, 0.6) is 0 Å². The Labute approximate surface area is 106 Å². The number of rotatable bonds is 0. The maximum atomic E-state index is 9.00. The van der Waals surface area contributed by atoms with E-state index in [2.05, 4.69) is 0 Å². The van der Waals surface area contributed by atoms with Gasteiger partial charge in [-0.3, -0.25) is 9.59 Å². The van der Waals surface area contributed by atoms with Gasteiger partial charge in [0.1, 0.15) is 0 Å². The Morgan fingerprint density at radius 3 is 0.667 bits per heavy atom. The molecule has 0 rings (SSSR count). The fraction of sp³-hybridized carbons (Fsp3) is 0.500. The van der Waals surface area contributed by atoms with Gasteiger partial charge in [-0.2, -0.15) is 0 Å². The van der Waals surface area contributed by atoms with Gasteiger partial charge in [0.2, 0.25) is 0 Å². The molecular weight excluding hydrogens is 320 g/mol. The van der Waals surface area contributed by atoms with Crippen LogP contribution in [0.2, 0.25) is 0 Å². The van der Waals surface area contributed by atoms with Crippen LogP contribution in [0, 0.1) is 0 Å². The summed E-state index contributed by atoms with van der Waals surface area (Å²) in [6, 6.07) is 0. The predicted octanol–water partition coefficient (Wildman–Crippen LogP) is -4.77. The minimum Gasteiger partial charge on any atom is -0.481 e. The van der Waals surface area contributed by atoms with E-state index in [0.29, 0.717) is 0 Å². The normalized spacial score (nSPS) is 3.33. The molecule has 0 atom stereocenters. The first-order valence-corrected chi connectivity index (χ1v) is 1.86. The van der Waals surface area contributed by atoms with E-state index in [9.17, 15) is 0 Å². The second-order valence-electron chi connectivity index (χ2n) is 1.04. The van der Waals surface area contributed by atoms with E-state index in [1.54, 1.807) is 0 Å². The molecule has 0 amide bonds. The van der Waals surface area contributed by atoms with Gasteiger partial charge in [-0.15, -0.1) is 0 Å². The average Bonchev–Trinajstić information content (AvgIpc) is 1.25. The molecule has 0 radical (unpaired) electrons. The van der Waals surface area contributed by atoms with Gasteiger partial charge in [-0.25, -0.2) is 0 Å². The molecule has 15 heavy (non-hydrogen) atoms. The Kier molecular flexibility index (Phi) is 393. The Balaban J connectivity index is -0.00000000468. The zero-order chi connectivity index (χ0) is 7.15. The first-order valence-electron chi connectivity index (χ1n) is 1.86. The van der Waals surface area contributed by atoms with Crippen LogP contribution >= 0.6 is 0 Å². The Bertz CT molecular complexity index is 75.4. The van der Waals surface area contributed by atoms with Crippen LogP contribution in [0.1, 0.15) is 13.8 Å². The molecule has 14 N–H and O–H groups in total. The summed E-state index contributed by atoms with van der Waals surface area (Å²) in [6.07, 6.45) is 0. The monoisotopic (exact) mass is 342 g/mol. The van der Waals surface area contributed by atoms with Gasteiger partial charge < -0.3 is 43.1 Å². The van der Waals surface area contributed by atoms with Crippen molar-refractivity contribution in [3.63, 3.8) is 0 Å². The molecule has 0 aliphatic heterocycles. The summed E-state index contributed by atoms with van der Waals surface area (Å²) >= 11 is 0. The molecule has 0 aliphatic carbocycles. The van der Waals surface area contributed by atoms with Crippen LogP contribution in [0.25, 0.3) is 0 Å². The molecule has 0 saturated heterocycles. The predicted molar refractivity (Wildman–Crippen MR) is 48.3 cm³/mol. The van der Waals surface area contributed by atoms with Crippen LogP contribution in [0.3, 0.4) is 0 Å². The minimum absolute atomic E-state index is 0. The third-order valence-corrected chi connectivity index (χ3v) is 0. The third-order valence-electron chi connectivity index (χ3n) is 0. The number of carbonyl (C=O) groups is 2. The molecule has 0 aromatic carbocycles. The number of hydrogen-bond donors (Lipinski definition) is 2. The van der Waals surface area contributed by atoms with Gasteiger partial charge in [0, 0.05) is 41.1 Å². The van der Waals surface area contributed by atoms with Crippen LogP contribution in [-0.4, -0.2) is 55.0 Å². The summed E-state index contributed by atoms with van der Waals surface area (Å²) in [5.74, 6) is -1.67. The summed E-state index contributed by atoms with van der Waals surface area (Å²) < 4.78 is 0. The molecule has 11 heteroatoms. The number of hydrogen-bond acceptors (Lipinski definition) is 2. The SMILES string of the molecule is CC(=O)O.CC(=O)O.O.O.O.O.O.O.[Cd]. The van der Waals surface area contributed by atoms with E-state index in [1.165, 1.54) is 0 Å². The second kappa shape index (κ2) is 68.7.